The Bertz CT molecular complexity index is 378. The molecule has 0 amide bonds. The number of hydrogen-bond acceptors (Lipinski definition) is 2. The molecule has 0 aromatic heterocycles. The topological polar surface area (TPSA) is 20.3 Å². The Labute approximate surface area is 98.4 Å². The summed E-state index contributed by atoms with van der Waals surface area (Å²) in [5, 5.41) is 0. The number of carbonyl (C=O) groups is 1. The first kappa shape index (κ1) is 10.7. The first-order chi connectivity index (χ1) is 7.20. The molecule has 0 radical (unpaired) electrons. The van der Waals surface area contributed by atoms with Gasteiger partial charge < -0.3 is 4.90 Å². The lowest BCUT2D eigenvalue weighted by molar-refractivity contribution is 0.112. The van der Waals surface area contributed by atoms with Gasteiger partial charge in [0.25, 0.3) is 0 Å². The van der Waals surface area contributed by atoms with Gasteiger partial charge >= 0.3 is 0 Å². The Balaban J connectivity index is 2.22. The second-order valence-corrected chi connectivity index (χ2v) is 5.02. The number of rotatable bonds is 2. The van der Waals surface area contributed by atoms with Crippen LogP contribution in [0.4, 0.5) is 5.69 Å². The summed E-state index contributed by atoms with van der Waals surface area (Å²) in [7, 11) is 0. The Morgan fingerprint density at radius 2 is 2.33 bits per heavy atom. The van der Waals surface area contributed by atoms with Crippen molar-refractivity contribution in [3.63, 3.8) is 0 Å². The highest BCUT2D eigenvalue weighted by Crippen LogP contribution is 2.27. The molecule has 3 heteroatoms. The summed E-state index contributed by atoms with van der Waals surface area (Å²) >= 11 is 3.41. The minimum Gasteiger partial charge on any atom is -0.371 e. The highest BCUT2D eigenvalue weighted by Gasteiger charge is 2.19. The molecular weight excluding hydrogens is 254 g/mol. The Hall–Kier alpha value is -0.830. The van der Waals surface area contributed by atoms with Crippen molar-refractivity contribution >= 4 is 27.9 Å². The van der Waals surface area contributed by atoms with Crippen molar-refractivity contribution in [1.29, 1.82) is 0 Å². The first-order valence-electron chi connectivity index (χ1n) is 5.20. The van der Waals surface area contributed by atoms with E-state index in [2.05, 4.69) is 27.8 Å². The second kappa shape index (κ2) is 4.35. The van der Waals surface area contributed by atoms with Crippen LogP contribution in [0.25, 0.3) is 0 Å². The number of halogens is 1. The van der Waals surface area contributed by atoms with E-state index in [-0.39, 0.29) is 0 Å². The summed E-state index contributed by atoms with van der Waals surface area (Å²) in [6, 6.07) is 5.92. The normalized spacial score (nSPS) is 20.7. The van der Waals surface area contributed by atoms with Crippen molar-refractivity contribution in [3.05, 3.63) is 28.2 Å². The molecule has 15 heavy (non-hydrogen) atoms. The van der Waals surface area contributed by atoms with Crippen molar-refractivity contribution in [1.82, 2.24) is 0 Å². The van der Waals surface area contributed by atoms with Gasteiger partial charge in [-0.25, -0.2) is 0 Å². The van der Waals surface area contributed by atoms with Crippen LogP contribution < -0.4 is 4.90 Å². The molecule has 1 aromatic carbocycles. The van der Waals surface area contributed by atoms with Crippen molar-refractivity contribution < 1.29 is 4.79 Å². The zero-order chi connectivity index (χ0) is 10.8. The first-order valence-corrected chi connectivity index (χ1v) is 5.99. The maximum Gasteiger partial charge on any atom is 0.151 e. The van der Waals surface area contributed by atoms with Crippen LogP contribution in [0.3, 0.4) is 0 Å². The molecule has 2 nitrogen and oxygen atoms in total. The average molecular weight is 268 g/mol. The van der Waals surface area contributed by atoms with E-state index in [1.54, 1.807) is 0 Å². The molecule has 1 unspecified atom stereocenters. The molecule has 1 aliphatic rings. The molecule has 1 saturated heterocycles. The fraction of sp³-hybridized carbons (Fsp3) is 0.417. The summed E-state index contributed by atoms with van der Waals surface area (Å²) in [6.07, 6.45) is 2.13. The van der Waals surface area contributed by atoms with Gasteiger partial charge in [-0.3, -0.25) is 4.79 Å². The zero-order valence-electron chi connectivity index (χ0n) is 8.74. The van der Waals surface area contributed by atoms with Crippen LogP contribution in [-0.4, -0.2) is 19.4 Å². The van der Waals surface area contributed by atoms with Crippen LogP contribution in [0.5, 0.6) is 0 Å². The van der Waals surface area contributed by atoms with E-state index >= 15 is 0 Å². The lowest BCUT2D eigenvalue weighted by atomic mass is 10.2. The van der Waals surface area contributed by atoms with Crippen molar-refractivity contribution in [2.75, 3.05) is 18.0 Å². The maximum absolute atomic E-state index is 10.7. The molecule has 1 heterocycles. The van der Waals surface area contributed by atoms with Gasteiger partial charge in [0.1, 0.15) is 0 Å². The quantitative estimate of drug-likeness (QED) is 0.768. The molecule has 0 aliphatic carbocycles. The molecule has 0 saturated carbocycles. The smallest absolute Gasteiger partial charge is 0.151 e. The predicted octanol–water partition coefficient (Wildman–Crippen LogP) is 3.11. The summed E-state index contributed by atoms with van der Waals surface area (Å²) in [5.41, 5.74) is 1.92. The third kappa shape index (κ3) is 2.23. The van der Waals surface area contributed by atoms with Crippen molar-refractivity contribution in [2.24, 2.45) is 5.92 Å². The number of anilines is 1. The molecule has 0 N–H and O–H groups in total. The van der Waals surface area contributed by atoms with E-state index in [9.17, 15) is 4.79 Å². The lowest BCUT2D eigenvalue weighted by Gasteiger charge is -2.18. The molecular formula is C12H14BrNO. The number of aldehydes is 1. The number of carbonyl (C=O) groups excluding carboxylic acids is 1. The van der Waals surface area contributed by atoms with E-state index in [1.807, 2.05) is 18.2 Å². The highest BCUT2D eigenvalue weighted by molar-refractivity contribution is 9.10. The van der Waals surface area contributed by atoms with Gasteiger partial charge in [0.2, 0.25) is 0 Å². The molecule has 2 rings (SSSR count). The van der Waals surface area contributed by atoms with E-state index in [0.717, 1.165) is 29.8 Å². The van der Waals surface area contributed by atoms with Gasteiger partial charge in [-0.2, -0.15) is 0 Å². The van der Waals surface area contributed by atoms with E-state index in [0.29, 0.717) is 5.56 Å². The average Bonchev–Trinajstić information content (AvgIpc) is 2.65. The van der Waals surface area contributed by atoms with Crippen molar-refractivity contribution in [2.45, 2.75) is 13.3 Å². The van der Waals surface area contributed by atoms with E-state index in [1.165, 1.54) is 12.1 Å². The third-order valence-electron chi connectivity index (χ3n) is 2.90. The zero-order valence-corrected chi connectivity index (χ0v) is 10.3. The van der Waals surface area contributed by atoms with Crippen LogP contribution >= 0.6 is 15.9 Å². The predicted molar refractivity (Wildman–Crippen MR) is 65.5 cm³/mol. The SMILES string of the molecule is CC1CCN(c2ccc(C=O)c(Br)c2)C1. The third-order valence-corrected chi connectivity index (χ3v) is 3.59. The van der Waals surface area contributed by atoms with Gasteiger partial charge in [-0.15, -0.1) is 0 Å². The molecule has 0 bridgehead atoms. The summed E-state index contributed by atoms with van der Waals surface area (Å²) in [4.78, 5) is 13.0. The summed E-state index contributed by atoms with van der Waals surface area (Å²) in [5.74, 6) is 0.773. The fourth-order valence-electron chi connectivity index (χ4n) is 1.98. The van der Waals surface area contributed by atoms with E-state index in [4.69, 9.17) is 0 Å². The fourth-order valence-corrected chi connectivity index (χ4v) is 2.44. The molecule has 1 fully saturated rings. The molecule has 1 aromatic rings. The minimum absolute atomic E-state index is 0.714. The molecule has 80 valence electrons. The number of benzene rings is 1. The number of nitrogens with zero attached hydrogens (tertiary/aromatic N) is 1. The largest absolute Gasteiger partial charge is 0.371 e. The lowest BCUT2D eigenvalue weighted by Crippen LogP contribution is -2.18. The van der Waals surface area contributed by atoms with Crippen LogP contribution in [0.1, 0.15) is 23.7 Å². The Kier molecular flexibility index (Phi) is 3.10. The van der Waals surface area contributed by atoms with E-state index < -0.39 is 0 Å². The second-order valence-electron chi connectivity index (χ2n) is 4.16. The monoisotopic (exact) mass is 267 g/mol. The van der Waals surface area contributed by atoms with Crippen molar-refractivity contribution in [3.8, 4) is 0 Å². The molecule has 0 spiro atoms. The van der Waals surface area contributed by atoms with Gasteiger partial charge in [0, 0.05) is 28.8 Å². The maximum atomic E-state index is 10.7. The van der Waals surface area contributed by atoms with Gasteiger partial charge in [0.15, 0.2) is 6.29 Å². The van der Waals surface area contributed by atoms with Gasteiger partial charge in [-0.1, -0.05) is 6.92 Å². The highest BCUT2D eigenvalue weighted by atomic mass is 79.9. The Morgan fingerprint density at radius 1 is 1.53 bits per heavy atom. The summed E-state index contributed by atoms with van der Waals surface area (Å²) in [6.45, 7) is 4.51. The van der Waals surface area contributed by atoms with Crippen LogP contribution in [0.15, 0.2) is 22.7 Å². The standard InChI is InChI=1S/C12H14BrNO/c1-9-4-5-14(7-9)11-3-2-10(8-15)12(13)6-11/h2-3,6,8-9H,4-5,7H2,1H3. The van der Waals surface area contributed by atoms with Gasteiger partial charge in [-0.05, 0) is 46.5 Å². The molecule has 1 atom stereocenters. The van der Waals surface area contributed by atoms with Crippen LogP contribution in [0.2, 0.25) is 0 Å². The minimum atomic E-state index is 0.714. The van der Waals surface area contributed by atoms with Gasteiger partial charge in [0.05, 0.1) is 0 Å². The molecule has 1 aliphatic heterocycles. The summed E-state index contributed by atoms with van der Waals surface area (Å²) < 4.78 is 0.884. The Morgan fingerprint density at radius 3 is 2.87 bits per heavy atom. The number of hydrogen-bond donors (Lipinski definition) is 0. The van der Waals surface area contributed by atoms with Crippen LogP contribution in [-0.2, 0) is 0 Å². The van der Waals surface area contributed by atoms with Crippen LogP contribution in [0, 0.1) is 5.92 Å².